The van der Waals surface area contributed by atoms with E-state index in [0.717, 1.165) is 0 Å². The number of rotatable bonds is 7. The smallest absolute Gasteiger partial charge is 0.317 e. The van der Waals surface area contributed by atoms with Crippen molar-refractivity contribution in [2.75, 3.05) is 87.8 Å². The summed E-state index contributed by atoms with van der Waals surface area (Å²) in [5, 5.41) is 75.9. The number of nitrogens with one attached hydrogen (secondary N) is 4. The standard InChI is InChI=1S/C7H15NO3.2C4H7N3O.2C3H6.C2H5NO2.2C2H6O2/c1-8(2,3)5-6(9)4-7(10)11;2*1-7-2-3(8)6-4(7)5;2*1-3-2;3-1-2(4)5;2*3-1-2-4/h6,9H,4-5H2,1-3H3;2*2H2,1H3,(H2,5,6,8);2*3H,1H2,2H3;1,3H2,(H,4,5);2*3-4H,1-2H2. The van der Waals surface area contributed by atoms with E-state index >= 15 is 0 Å². The fraction of sp³-hybridized carbons (Fsp3) is 0.630. The van der Waals surface area contributed by atoms with Gasteiger partial charge in [0.05, 0.1) is 67.2 Å². The molecular weight excluding hydrogens is 612 g/mol. The topological polar surface area (TPSA) is 317 Å². The van der Waals surface area contributed by atoms with Gasteiger partial charge in [0.1, 0.15) is 12.6 Å². The lowest BCUT2D eigenvalue weighted by atomic mass is 10.2. The third-order valence-electron chi connectivity index (χ3n) is 3.58. The summed E-state index contributed by atoms with van der Waals surface area (Å²) in [7, 11) is 9.05. The Hall–Kier alpha value is -3.98. The second-order valence-corrected chi connectivity index (χ2v) is 9.52. The van der Waals surface area contributed by atoms with Gasteiger partial charge in [0, 0.05) is 26.5 Å². The summed E-state index contributed by atoms with van der Waals surface area (Å²) in [6, 6.07) is 0. The lowest BCUT2D eigenvalue weighted by Crippen LogP contribution is -2.43. The molecule has 2 aliphatic heterocycles. The van der Waals surface area contributed by atoms with E-state index in [2.05, 4.69) is 29.5 Å². The van der Waals surface area contributed by atoms with Crippen LogP contribution in [0.4, 0.5) is 0 Å². The normalized spacial score (nSPS) is 12.9. The van der Waals surface area contributed by atoms with Crippen LogP contribution in [0.3, 0.4) is 0 Å². The van der Waals surface area contributed by atoms with Crippen LogP contribution in [0.25, 0.3) is 0 Å². The molecule has 2 rings (SSSR count). The Kier molecular flexibility index (Phi) is 44.1. The van der Waals surface area contributed by atoms with E-state index in [1.54, 1.807) is 36.0 Å². The number of hydrogen-bond acceptors (Lipinski definition) is 13. The van der Waals surface area contributed by atoms with Gasteiger partial charge < -0.3 is 60.6 Å². The van der Waals surface area contributed by atoms with Crippen LogP contribution in [0.5, 0.6) is 0 Å². The molecule has 19 nitrogen and oxygen atoms in total. The maximum Gasteiger partial charge on any atom is 0.317 e. The zero-order chi connectivity index (χ0) is 37.9. The minimum atomic E-state index is -1.20. The number of allylic oxidation sites excluding steroid dienone is 2. The fourth-order valence-electron chi connectivity index (χ4n) is 2.01. The van der Waals surface area contributed by atoms with Gasteiger partial charge in [0.2, 0.25) is 11.8 Å². The number of aliphatic carboxylic acids is 2. The summed E-state index contributed by atoms with van der Waals surface area (Å²) in [5.74, 6) is -1.99. The van der Waals surface area contributed by atoms with Crippen molar-refractivity contribution < 1.29 is 59.4 Å². The number of quaternary nitrogens is 1. The summed E-state index contributed by atoms with van der Waals surface area (Å²) >= 11 is 0. The van der Waals surface area contributed by atoms with Crippen LogP contribution in [-0.4, -0.2) is 175 Å². The van der Waals surface area contributed by atoms with Crippen molar-refractivity contribution >= 4 is 35.7 Å². The molecule has 0 aromatic rings. The van der Waals surface area contributed by atoms with Gasteiger partial charge in [0.25, 0.3) is 0 Å². The fourth-order valence-corrected chi connectivity index (χ4v) is 2.01. The van der Waals surface area contributed by atoms with Gasteiger partial charge in [-0.3, -0.25) is 35.8 Å². The van der Waals surface area contributed by atoms with Crippen molar-refractivity contribution in [3.63, 3.8) is 0 Å². The number of carboxylic acids is 2. The van der Waals surface area contributed by atoms with Crippen LogP contribution in [-0.2, 0) is 19.2 Å². The van der Waals surface area contributed by atoms with Crippen molar-refractivity contribution in [3.8, 4) is 0 Å². The third-order valence-corrected chi connectivity index (χ3v) is 3.58. The quantitative estimate of drug-likeness (QED) is 0.0899. The molecule has 46 heavy (non-hydrogen) atoms. The Bertz CT molecular complexity index is 806. The first-order valence-corrected chi connectivity index (χ1v) is 13.5. The van der Waals surface area contributed by atoms with E-state index in [-0.39, 0.29) is 63.1 Å². The molecule has 0 saturated carbocycles. The molecule has 2 heterocycles. The number of nitrogens with two attached hydrogens (primary N) is 1. The van der Waals surface area contributed by atoms with Gasteiger partial charge in [0.15, 0.2) is 11.9 Å². The summed E-state index contributed by atoms with van der Waals surface area (Å²) in [6.07, 6.45) is 2.41. The van der Waals surface area contributed by atoms with E-state index in [4.69, 9.17) is 41.5 Å². The minimum absolute atomic E-state index is 0.0995. The number of hydrogen-bond donors (Lipinski definition) is 11. The maximum atomic E-state index is 10.4. The van der Waals surface area contributed by atoms with Crippen LogP contribution >= 0.6 is 0 Å². The van der Waals surface area contributed by atoms with Crippen LogP contribution in [0, 0.1) is 10.8 Å². The van der Waals surface area contributed by atoms with E-state index < -0.39 is 18.0 Å². The molecule has 1 unspecified atom stereocenters. The predicted octanol–water partition coefficient (Wildman–Crippen LogP) is -4.48. The van der Waals surface area contributed by atoms with Gasteiger partial charge in [-0.2, -0.15) is 0 Å². The van der Waals surface area contributed by atoms with E-state index in [1.807, 2.05) is 35.0 Å². The molecule has 2 saturated heterocycles. The summed E-state index contributed by atoms with van der Waals surface area (Å²) in [4.78, 5) is 43.1. The Morgan fingerprint density at radius 3 is 1.26 bits per heavy atom. The molecule has 0 aromatic heterocycles. The number of carbonyl (C=O) groups excluding carboxylic acids is 3. The Morgan fingerprint density at radius 1 is 0.913 bits per heavy atom. The van der Waals surface area contributed by atoms with Crippen LogP contribution in [0.1, 0.15) is 20.3 Å². The lowest BCUT2D eigenvalue weighted by molar-refractivity contribution is -0.873. The molecule has 0 aliphatic carbocycles. The van der Waals surface area contributed by atoms with Gasteiger partial charge in [-0.15, -0.1) is 13.2 Å². The minimum Gasteiger partial charge on any atom is -0.550 e. The highest BCUT2D eigenvalue weighted by Gasteiger charge is 2.19. The summed E-state index contributed by atoms with van der Waals surface area (Å²) in [5.41, 5.74) is 4.57. The second-order valence-electron chi connectivity index (χ2n) is 9.52. The number of carbonyl (C=O) groups is 4. The maximum absolute atomic E-state index is 10.4. The van der Waals surface area contributed by atoms with Crippen molar-refractivity contribution in [1.82, 2.24) is 20.4 Å². The molecule has 19 heteroatoms. The van der Waals surface area contributed by atoms with Gasteiger partial charge in [-0.25, -0.2) is 0 Å². The van der Waals surface area contributed by atoms with Crippen molar-refractivity contribution in [2.45, 2.75) is 26.4 Å². The van der Waals surface area contributed by atoms with Crippen LogP contribution < -0.4 is 21.5 Å². The largest absolute Gasteiger partial charge is 0.550 e. The van der Waals surface area contributed by atoms with Gasteiger partial charge >= 0.3 is 5.97 Å². The van der Waals surface area contributed by atoms with Gasteiger partial charge in [-0.1, -0.05) is 12.2 Å². The molecule has 1 atom stereocenters. The molecule has 272 valence electrons. The summed E-state index contributed by atoms with van der Waals surface area (Å²) in [6.45, 7) is 10.8. The highest BCUT2D eigenvalue weighted by molar-refractivity contribution is 6.03. The highest BCUT2D eigenvalue weighted by Crippen LogP contribution is 1.97. The second kappa shape index (κ2) is 37.2. The Labute approximate surface area is 271 Å². The molecule has 0 bridgehead atoms. The number of guanidine groups is 2. The third kappa shape index (κ3) is 55.9. The van der Waals surface area contributed by atoms with Crippen LogP contribution in [0.15, 0.2) is 25.3 Å². The first-order chi connectivity index (χ1) is 21.1. The lowest BCUT2D eigenvalue weighted by Gasteiger charge is -2.26. The molecule has 0 spiro atoms. The van der Waals surface area contributed by atoms with Crippen molar-refractivity contribution in [1.29, 1.82) is 10.8 Å². The van der Waals surface area contributed by atoms with Gasteiger partial charge in [-0.05, 0) is 13.8 Å². The molecule has 12 N–H and O–H groups in total. The SMILES string of the molecule is C=CC.C=CC.CN1CC(=O)NC1=N.CN1CC(=O)NC1=N.C[N+](C)(C)CC(O)CC(=O)[O-].NCC(=O)O.OCCO.OCCO. The Balaban J connectivity index is -0.000000104. The van der Waals surface area contributed by atoms with E-state index in [0.29, 0.717) is 24.1 Å². The highest BCUT2D eigenvalue weighted by atomic mass is 16.4. The monoisotopic (exact) mass is 670 g/mol. The molecular formula is C27H58N8O11. The number of likely N-dealkylation sites (N-methyl/N-ethyl adjacent to an activating group) is 3. The molecule has 0 radical (unpaired) electrons. The number of aliphatic hydroxyl groups is 5. The molecule has 0 aromatic carbocycles. The van der Waals surface area contributed by atoms with Crippen molar-refractivity contribution in [2.24, 2.45) is 5.73 Å². The summed E-state index contributed by atoms with van der Waals surface area (Å²) < 4.78 is 0.550. The van der Waals surface area contributed by atoms with Crippen molar-refractivity contribution in [3.05, 3.63) is 25.3 Å². The average molecular weight is 671 g/mol. The first kappa shape index (κ1) is 54.5. The zero-order valence-electron chi connectivity index (χ0n) is 28.2. The van der Waals surface area contributed by atoms with Crippen LogP contribution in [0.2, 0.25) is 0 Å². The van der Waals surface area contributed by atoms with E-state index in [1.165, 1.54) is 0 Å². The number of aliphatic hydroxyl groups excluding tert-OH is 5. The Morgan fingerprint density at radius 2 is 1.17 bits per heavy atom. The molecule has 2 fully saturated rings. The molecule has 2 aliphatic rings. The average Bonchev–Trinajstić information content (AvgIpc) is 3.39. The first-order valence-electron chi connectivity index (χ1n) is 13.5. The van der Waals surface area contributed by atoms with E-state index in [9.17, 15) is 24.3 Å². The number of amides is 2. The zero-order valence-corrected chi connectivity index (χ0v) is 28.2. The molecule has 2 amide bonds. The number of nitrogens with zero attached hydrogens (tertiary/aromatic N) is 3. The predicted molar refractivity (Wildman–Crippen MR) is 172 cm³/mol. The number of carboxylic acid groups (broad SMARTS) is 2.